The second kappa shape index (κ2) is 4.97. The molecule has 0 amide bonds. The number of nitrogens with one attached hydrogen (secondary N) is 1. The van der Waals surface area contributed by atoms with E-state index in [1.54, 1.807) is 13.8 Å². The highest BCUT2D eigenvalue weighted by atomic mass is 32.2. The fourth-order valence-corrected chi connectivity index (χ4v) is 3.93. The molecule has 1 fully saturated rings. The Hall–Kier alpha value is -1.64. The topological polar surface area (TPSA) is 130 Å². The van der Waals surface area contributed by atoms with Gasteiger partial charge in [0.25, 0.3) is 0 Å². The summed E-state index contributed by atoms with van der Waals surface area (Å²) in [4.78, 5) is 10.8. The van der Waals surface area contributed by atoms with E-state index in [9.17, 15) is 18.3 Å². The first kappa shape index (κ1) is 15.7. The lowest BCUT2D eigenvalue weighted by Gasteiger charge is -2.49. The highest BCUT2D eigenvalue weighted by Crippen LogP contribution is 2.41. The molecule has 21 heavy (non-hydrogen) atoms. The summed E-state index contributed by atoms with van der Waals surface area (Å²) in [5.74, 6) is -1.34. The van der Waals surface area contributed by atoms with Crippen molar-refractivity contribution in [2.45, 2.75) is 37.3 Å². The van der Waals surface area contributed by atoms with Crippen molar-refractivity contribution in [3.63, 3.8) is 0 Å². The molecular formula is C13H18N2O5S. The number of nitrogens with two attached hydrogens (primary N) is 1. The van der Waals surface area contributed by atoms with Crippen LogP contribution in [0.15, 0.2) is 23.1 Å². The van der Waals surface area contributed by atoms with Crippen LogP contribution in [-0.2, 0) is 10.0 Å². The number of hydrogen-bond acceptors (Lipinski definition) is 5. The molecule has 0 heterocycles. The molecule has 0 spiro atoms. The molecule has 0 aliphatic heterocycles. The van der Waals surface area contributed by atoms with Gasteiger partial charge in [0.15, 0.2) is 0 Å². The SMILES string of the molecule is CC1(C)C(O)CC1NS(=O)(=O)c1cc(N)ccc1C(=O)O. The first-order chi connectivity index (χ1) is 9.55. The van der Waals surface area contributed by atoms with Crippen molar-refractivity contribution in [2.75, 3.05) is 5.73 Å². The minimum Gasteiger partial charge on any atom is -0.478 e. The van der Waals surface area contributed by atoms with Crippen molar-refractivity contribution >= 4 is 21.7 Å². The number of benzene rings is 1. The maximum atomic E-state index is 12.4. The van der Waals surface area contributed by atoms with Gasteiger partial charge < -0.3 is 15.9 Å². The quantitative estimate of drug-likeness (QED) is 0.595. The summed E-state index contributed by atoms with van der Waals surface area (Å²) < 4.78 is 27.2. The molecule has 0 radical (unpaired) electrons. The van der Waals surface area contributed by atoms with E-state index in [0.29, 0.717) is 0 Å². The molecule has 1 aliphatic carbocycles. The number of anilines is 1. The molecule has 5 N–H and O–H groups in total. The van der Waals surface area contributed by atoms with Crippen LogP contribution in [0.25, 0.3) is 0 Å². The molecule has 2 rings (SSSR count). The van der Waals surface area contributed by atoms with E-state index in [0.717, 1.165) is 12.1 Å². The van der Waals surface area contributed by atoms with Crippen LogP contribution in [0.2, 0.25) is 0 Å². The Bertz CT molecular complexity index is 684. The summed E-state index contributed by atoms with van der Waals surface area (Å²) in [6.45, 7) is 3.48. The van der Waals surface area contributed by atoms with Crippen LogP contribution < -0.4 is 10.5 Å². The monoisotopic (exact) mass is 314 g/mol. The number of aliphatic hydroxyl groups is 1. The summed E-state index contributed by atoms with van der Waals surface area (Å²) in [7, 11) is -4.03. The summed E-state index contributed by atoms with van der Waals surface area (Å²) >= 11 is 0. The summed E-state index contributed by atoms with van der Waals surface area (Å²) in [6, 6.07) is 3.15. The Labute approximate surface area is 122 Å². The number of aromatic carboxylic acids is 1. The van der Waals surface area contributed by atoms with Gasteiger partial charge in [-0.05, 0) is 24.6 Å². The number of nitrogen functional groups attached to an aromatic ring is 1. The first-order valence-corrected chi connectivity index (χ1v) is 7.87. The summed E-state index contributed by atoms with van der Waals surface area (Å²) in [6.07, 6.45) is -0.304. The standard InChI is InChI=1S/C13H18N2O5S/c1-13(2)10(6-11(13)16)15-21(19,20)9-5-7(14)3-4-8(9)12(17)18/h3-5,10-11,15-16H,6,14H2,1-2H3,(H,17,18). The predicted octanol–water partition coefficient (Wildman–Crippen LogP) is 0.405. The van der Waals surface area contributed by atoms with Crippen molar-refractivity contribution in [1.82, 2.24) is 4.72 Å². The zero-order valence-electron chi connectivity index (χ0n) is 11.7. The Morgan fingerprint density at radius 1 is 1.43 bits per heavy atom. The van der Waals surface area contributed by atoms with Crippen LogP contribution in [0.1, 0.15) is 30.6 Å². The third-order valence-corrected chi connectivity index (χ3v) is 5.55. The fraction of sp³-hybridized carbons (Fsp3) is 0.462. The number of carboxylic acids is 1. The van der Waals surface area contributed by atoms with Gasteiger partial charge in [-0.1, -0.05) is 13.8 Å². The first-order valence-electron chi connectivity index (χ1n) is 6.39. The van der Waals surface area contributed by atoms with Crippen molar-refractivity contribution in [2.24, 2.45) is 5.41 Å². The lowest BCUT2D eigenvalue weighted by Crippen LogP contribution is -2.61. The van der Waals surface area contributed by atoms with E-state index in [1.165, 1.54) is 6.07 Å². The normalized spacial score (nSPS) is 24.3. The molecular weight excluding hydrogens is 296 g/mol. The van der Waals surface area contributed by atoms with Crippen molar-refractivity contribution in [1.29, 1.82) is 0 Å². The van der Waals surface area contributed by atoms with Gasteiger partial charge in [0.05, 0.1) is 16.6 Å². The smallest absolute Gasteiger partial charge is 0.337 e. The zero-order chi connectivity index (χ0) is 16.0. The van der Waals surface area contributed by atoms with E-state index in [-0.39, 0.29) is 22.6 Å². The van der Waals surface area contributed by atoms with Gasteiger partial charge in [-0.3, -0.25) is 0 Å². The van der Waals surface area contributed by atoms with E-state index in [1.807, 2.05) is 0 Å². The van der Waals surface area contributed by atoms with Gasteiger partial charge in [-0.2, -0.15) is 0 Å². The molecule has 8 heteroatoms. The highest BCUT2D eigenvalue weighted by Gasteiger charge is 2.49. The fourth-order valence-electron chi connectivity index (χ4n) is 2.29. The van der Waals surface area contributed by atoms with Gasteiger partial charge in [-0.15, -0.1) is 0 Å². The molecule has 0 aromatic heterocycles. The molecule has 7 nitrogen and oxygen atoms in total. The number of aliphatic hydroxyl groups excluding tert-OH is 1. The number of hydrogen-bond donors (Lipinski definition) is 4. The van der Waals surface area contributed by atoms with E-state index in [4.69, 9.17) is 10.8 Å². The maximum absolute atomic E-state index is 12.4. The van der Waals surface area contributed by atoms with Crippen LogP contribution in [0.5, 0.6) is 0 Å². The molecule has 1 saturated carbocycles. The number of rotatable bonds is 4. The molecule has 2 atom stereocenters. The molecule has 2 unspecified atom stereocenters. The molecule has 1 aliphatic rings. The summed E-state index contributed by atoms with van der Waals surface area (Å²) in [5.41, 5.74) is 4.77. The number of sulfonamides is 1. The van der Waals surface area contributed by atoms with Crippen molar-refractivity contribution < 1.29 is 23.4 Å². The second-order valence-corrected chi connectivity index (χ2v) is 7.49. The minimum absolute atomic E-state index is 0.160. The molecule has 116 valence electrons. The maximum Gasteiger partial charge on any atom is 0.337 e. The average Bonchev–Trinajstić information content (AvgIpc) is 2.37. The van der Waals surface area contributed by atoms with Crippen LogP contribution in [0.3, 0.4) is 0 Å². The van der Waals surface area contributed by atoms with Crippen molar-refractivity contribution in [3.05, 3.63) is 23.8 Å². The van der Waals surface area contributed by atoms with Gasteiger partial charge in [0, 0.05) is 17.1 Å². The predicted molar refractivity (Wildman–Crippen MR) is 76.3 cm³/mol. The Morgan fingerprint density at radius 2 is 2.05 bits per heavy atom. The van der Waals surface area contributed by atoms with Gasteiger partial charge in [0.1, 0.15) is 0 Å². The van der Waals surface area contributed by atoms with Crippen LogP contribution in [-0.4, -0.2) is 36.7 Å². The van der Waals surface area contributed by atoms with Crippen LogP contribution in [0, 0.1) is 5.41 Å². The van der Waals surface area contributed by atoms with Crippen LogP contribution in [0.4, 0.5) is 5.69 Å². The average molecular weight is 314 g/mol. The second-order valence-electron chi connectivity index (χ2n) is 5.81. The molecule has 1 aromatic carbocycles. The Morgan fingerprint density at radius 3 is 2.52 bits per heavy atom. The lowest BCUT2D eigenvalue weighted by atomic mass is 9.65. The molecule has 0 bridgehead atoms. The number of carboxylic acid groups (broad SMARTS) is 1. The Kier molecular flexibility index (Phi) is 3.73. The highest BCUT2D eigenvalue weighted by molar-refractivity contribution is 7.89. The Balaban J connectivity index is 2.37. The molecule has 1 aromatic rings. The van der Waals surface area contributed by atoms with Crippen molar-refractivity contribution in [3.8, 4) is 0 Å². The summed E-state index contributed by atoms with van der Waals surface area (Å²) in [5, 5.41) is 18.7. The van der Waals surface area contributed by atoms with Gasteiger partial charge in [-0.25, -0.2) is 17.9 Å². The third kappa shape index (κ3) is 2.74. The zero-order valence-corrected chi connectivity index (χ0v) is 12.5. The third-order valence-electron chi connectivity index (χ3n) is 4.04. The molecule has 0 saturated heterocycles. The van der Waals surface area contributed by atoms with E-state index >= 15 is 0 Å². The minimum atomic E-state index is -4.03. The van der Waals surface area contributed by atoms with E-state index < -0.39 is 33.6 Å². The van der Waals surface area contributed by atoms with Gasteiger partial charge in [0.2, 0.25) is 10.0 Å². The van der Waals surface area contributed by atoms with E-state index in [2.05, 4.69) is 4.72 Å². The van der Waals surface area contributed by atoms with Gasteiger partial charge >= 0.3 is 5.97 Å². The van der Waals surface area contributed by atoms with Crippen LogP contribution >= 0.6 is 0 Å². The largest absolute Gasteiger partial charge is 0.478 e. The number of carbonyl (C=O) groups is 1. The lowest BCUT2D eigenvalue weighted by molar-refractivity contribution is -0.0645.